The fourth-order valence-corrected chi connectivity index (χ4v) is 2.36. The number of carboxylic acids is 1. The van der Waals surface area contributed by atoms with Crippen molar-refractivity contribution in [1.29, 1.82) is 0 Å². The lowest BCUT2D eigenvalue weighted by atomic mass is 9.96. The number of amides is 1. The van der Waals surface area contributed by atoms with Crippen LogP contribution >= 0.6 is 0 Å². The van der Waals surface area contributed by atoms with E-state index >= 15 is 0 Å². The molecule has 2 rings (SSSR count). The van der Waals surface area contributed by atoms with E-state index in [0.29, 0.717) is 31.6 Å². The molecule has 1 saturated heterocycles. The Labute approximate surface area is 117 Å². The molecule has 20 heavy (non-hydrogen) atoms. The lowest BCUT2D eigenvalue weighted by molar-refractivity contribution is 0.0484. The number of hydrogen-bond acceptors (Lipinski definition) is 4. The van der Waals surface area contributed by atoms with Crippen LogP contribution in [0.15, 0.2) is 24.3 Å². The Bertz CT molecular complexity index is 514. The van der Waals surface area contributed by atoms with Gasteiger partial charge in [0.1, 0.15) is 5.60 Å². The van der Waals surface area contributed by atoms with Crippen LogP contribution in [0.1, 0.15) is 30.1 Å². The van der Waals surface area contributed by atoms with Crippen LogP contribution < -0.4 is 10.6 Å². The maximum atomic E-state index is 12.0. The minimum atomic E-state index is -0.994. The Morgan fingerprint density at radius 1 is 1.45 bits per heavy atom. The average molecular weight is 278 g/mol. The van der Waals surface area contributed by atoms with Crippen molar-refractivity contribution in [2.45, 2.75) is 25.4 Å². The molecule has 1 heterocycles. The first-order valence-electron chi connectivity index (χ1n) is 6.55. The first kappa shape index (κ1) is 14.3. The van der Waals surface area contributed by atoms with Gasteiger partial charge in [0.25, 0.3) is 0 Å². The standard InChI is InChI=1S/C14H18N2O4/c1-2-14(7-8-15)9-16(13(19)20-14)11-5-3-10(4-6-11)12(17)18/h3-6H,2,7-9,15H2,1H3,(H,17,18). The molecule has 1 aliphatic rings. The molecule has 0 spiro atoms. The van der Waals surface area contributed by atoms with Crippen molar-refractivity contribution in [1.82, 2.24) is 0 Å². The van der Waals surface area contributed by atoms with E-state index in [-0.39, 0.29) is 5.56 Å². The van der Waals surface area contributed by atoms with Crippen LogP contribution in [0.3, 0.4) is 0 Å². The smallest absolute Gasteiger partial charge is 0.415 e. The van der Waals surface area contributed by atoms with Gasteiger partial charge in [-0.25, -0.2) is 9.59 Å². The van der Waals surface area contributed by atoms with E-state index in [1.165, 1.54) is 17.0 Å². The number of carbonyl (C=O) groups excluding carboxylic acids is 1. The summed E-state index contributed by atoms with van der Waals surface area (Å²) in [6.07, 6.45) is 0.891. The van der Waals surface area contributed by atoms with E-state index in [2.05, 4.69) is 0 Å². The Hall–Kier alpha value is -2.08. The quantitative estimate of drug-likeness (QED) is 0.857. The zero-order chi connectivity index (χ0) is 14.8. The number of cyclic esters (lactones) is 1. The maximum Gasteiger partial charge on any atom is 0.415 e. The molecule has 0 aliphatic carbocycles. The third kappa shape index (κ3) is 2.60. The fraction of sp³-hybridized carbons (Fsp3) is 0.429. The number of rotatable bonds is 5. The summed E-state index contributed by atoms with van der Waals surface area (Å²) in [5, 5.41) is 8.87. The number of ether oxygens (including phenoxy) is 1. The summed E-state index contributed by atoms with van der Waals surface area (Å²) >= 11 is 0. The van der Waals surface area contributed by atoms with Crippen molar-refractivity contribution in [3.63, 3.8) is 0 Å². The van der Waals surface area contributed by atoms with Crippen LogP contribution in [0.2, 0.25) is 0 Å². The van der Waals surface area contributed by atoms with Crippen LogP contribution in [0, 0.1) is 0 Å². The molecule has 1 amide bonds. The predicted octanol–water partition coefficient (Wildman–Crippen LogP) is 1.84. The molecule has 6 nitrogen and oxygen atoms in total. The SMILES string of the molecule is CCC1(CCN)CN(c2ccc(C(=O)O)cc2)C(=O)O1. The summed E-state index contributed by atoms with van der Waals surface area (Å²) in [7, 11) is 0. The summed E-state index contributed by atoms with van der Waals surface area (Å²) in [5.74, 6) is -0.994. The van der Waals surface area contributed by atoms with Crippen LogP contribution in [0.25, 0.3) is 0 Å². The Kier molecular flexibility index (Phi) is 3.94. The van der Waals surface area contributed by atoms with E-state index in [9.17, 15) is 9.59 Å². The van der Waals surface area contributed by atoms with Gasteiger partial charge >= 0.3 is 12.1 Å². The molecule has 0 saturated carbocycles. The highest BCUT2D eigenvalue weighted by Crippen LogP contribution is 2.32. The van der Waals surface area contributed by atoms with Crippen molar-refractivity contribution >= 4 is 17.7 Å². The molecule has 0 aromatic heterocycles. The summed E-state index contributed by atoms with van der Waals surface area (Å²) in [6, 6.07) is 6.16. The normalized spacial score (nSPS) is 21.9. The number of anilines is 1. The zero-order valence-electron chi connectivity index (χ0n) is 11.3. The molecule has 6 heteroatoms. The minimum absolute atomic E-state index is 0.185. The predicted molar refractivity (Wildman–Crippen MR) is 73.9 cm³/mol. The molecule has 0 bridgehead atoms. The Morgan fingerprint density at radius 2 is 2.10 bits per heavy atom. The molecule has 1 aliphatic heterocycles. The van der Waals surface area contributed by atoms with Crippen molar-refractivity contribution in [2.75, 3.05) is 18.0 Å². The lowest BCUT2D eigenvalue weighted by Gasteiger charge is -2.24. The number of carbonyl (C=O) groups is 2. The van der Waals surface area contributed by atoms with Gasteiger partial charge in [0.15, 0.2) is 0 Å². The highest BCUT2D eigenvalue weighted by Gasteiger charge is 2.43. The zero-order valence-corrected chi connectivity index (χ0v) is 11.3. The largest absolute Gasteiger partial charge is 0.478 e. The van der Waals surface area contributed by atoms with Gasteiger partial charge in [-0.15, -0.1) is 0 Å². The number of hydrogen-bond donors (Lipinski definition) is 2. The van der Waals surface area contributed by atoms with E-state index in [1.54, 1.807) is 12.1 Å². The van der Waals surface area contributed by atoms with Crippen LogP contribution in [0.4, 0.5) is 10.5 Å². The number of aromatic carboxylic acids is 1. The Morgan fingerprint density at radius 3 is 2.60 bits per heavy atom. The minimum Gasteiger partial charge on any atom is -0.478 e. The second-order valence-electron chi connectivity index (χ2n) is 4.88. The monoisotopic (exact) mass is 278 g/mol. The maximum absolute atomic E-state index is 12.0. The van der Waals surface area contributed by atoms with Crippen molar-refractivity contribution < 1.29 is 19.4 Å². The highest BCUT2D eigenvalue weighted by atomic mass is 16.6. The average Bonchev–Trinajstić information content (AvgIpc) is 2.77. The summed E-state index contributed by atoms with van der Waals surface area (Å²) < 4.78 is 5.47. The lowest BCUT2D eigenvalue weighted by Crippen LogP contribution is -2.36. The second kappa shape index (κ2) is 5.50. The van der Waals surface area contributed by atoms with Gasteiger partial charge in [0.2, 0.25) is 0 Å². The van der Waals surface area contributed by atoms with Crippen LogP contribution in [-0.4, -0.2) is 35.9 Å². The molecular weight excluding hydrogens is 260 g/mol. The summed E-state index contributed by atoms with van der Waals surface area (Å²) in [4.78, 5) is 24.3. The number of carboxylic acid groups (broad SMARTS) is 1. The third-order valence-corrected chi connectivity index (χ3v) is 3.64. The van der Waals surface area contributed by atoms with Gasteiger partial charge in [-0.2, -0.15) is 0 Å². The van der Waals surface area contributed by atoms with Crippen molar-refractivity contribution in [2.24, 2.45) is 5.73 Å². The van der Waals surface area contributed by atoms with Gasteiger partial charge in [-0.1, -0.05) is 6.92 Å². The molecule has 1 atom stereocenters. The van der Waals surface area contributed by atoms with Crippen molar-refractivity contribution in [3.8, 4) is 0 Å². The number of nitrogens with two attached hydrogens (primary N) is 1. The number of nitrogens with zero attached hydrogens (tertiary/aromatic N) is 1. The first-order valence-corrected chi connectivity index (χ1v) is 6.55. The summed E-state index contributed by atoms with van der Waals surface area (Å²) in [6.45, 7) is 2.85. The molecular formula is C14H18N2O4. The molecule has 3 N–H and O–H groups in total. The van der Waals surface area contributed by atoms with E-state index in [1.807, 2.05) is 6.92 Å². The van der Waals surface area contributed by atoms with Crippen molar-refractivity contribution in [3.05, 3.63) is 29.8 Å². The molecule has 1 unspecified atom stereocenters. The second-order valence-corrected chi connectivity index (χ2v) is 4.88. The van der Waals surface area contributed by atoms with Gasteiger partial charge in [-0.3, -0.25) is 4.90 Å². The first-order chi connectivity index (χ1) is 9.51. The Balaban J connectivity index is 2.21. The molecule has 1 fully saturated rings. The third-order valence-electron chi connectivity index (χ3n) is 3.64. The van der Waals surface area contributed by atoms with Gasteiger partial charge in [-0.05, 0) is 37.2 Å². The number of benzene rings is 1. The van der Waals surface area contributed by atoms with E-state index < -0.39 is 17.7 Å². The van der Waals surface area contributed by atoms with E-state index in [0.717, 1.165) is 0 Å². The van der Waals surface area contributed by atoms with Gasteiger partial charge in [0, 0.05) is 12.1 Å². The fourth-order valence-electron chi connectivity index (χ4n) is 2.36. The highest BCUT2D eigenvalue weighted by molar-refractivity contribution is 5.92. The molecule has 1 aromatic carbocycles. The van der Waals surface area contributed by atoms with Gasteiger partial charge in [0.05, 0.1) is 12.1 Å². The topological polar surface area (TPSA) is 92.9 Å². The summed E-state index contributed by atoms with van der Waals surface area (Å²) in [5.41, 5.74) is 5.85. The van der Waals surface area contributed by atoms with Crippen LogP contribution in [0.5, 0.6) is 0 Å². The molecule has 1 aromatic rings. The van der Waals surface area contributed by atoms with Gasteiger partial charge < -0.3 is 15.6 Å². The van der Waals surface area contributed by atoms with Crippen LogP contribution in [-0.2, 0) is 4.74 Å². The molecule has 0 radical (unpaired) electrons. The van der Waals surface area contributed by atoms with E-state index in [4.69, 9.17) is 15.6 Å². The molecule has 108 valence electrons.